The smallest absolute Gasteiger partial charge is 0.183 e. The zero-order valence-corrected chi connectivity index (χ0v) is 13.3. The van der Waals surface area contributed by atoms with Crippen molar-refractivity contribution in [3.8, 4) is 0 Å². The van der Waals surface area contributed by atoms with Crippen molar-refractivity contribution in [3.05, 3.63) is 46.5 Å². The average Bonchev–Trinajstić information content (AvgIpc) is 2.84. The van der Waals surface area contributed by atoms with Crippen LogP contribution in [-0.4, -0.2) is 36.5 Å². The second-order valence-electron chi connectivity index (χ2n) is 5.09. The summed E-state index contributed by atoms with van der Waals surface area (Å²) in [4.78, 5) is 18.5. The van der Waals surface area contributed by atoms with Crippen LogP contribution in [0.5, 0.6) is 0 Å². The van der Waals surface area contributed by atoms with E-state index in [4.69, 9.17) is 0 Å². The van der Waals surface area contributed by atoms with Gasteiger partial charge in [-0.3, -0.25) is 0 Å². The molecule has 0 saturated carbocycles. The molecule has 2 aromatic rings. The fourth-order valence-corrected chi connectivity index (χ4v) is 2.94. The fourth-order valence-electron chi connectivity index (χ4n) is 1.99. The van der Waals surface area contributed by atoms with Gasteiger partial charge >= 0.3 is 0 Å². The van der Waals surface area contributed by atoms with Crippen molar-refractivity contribution in [1.82, 2.24) is 9.88 Å². The summed E-state index contributed by atoms with van der Waals surface area (Å²) in [6, 6.07) is 10.2. The third-order valence-corrected chi connectivity index (χ3v) is 4.13. The van der Waals surface area contributed by atoms with Crippen LogP contribution in [0.1, 0.15) is 16.1 Å². The standard InChI is InChI=1S/C16H19N3OS/c1-12-15(14(11-20)10-19(2)3)21-16(18-12)17-9-13-7-5-4-6-8-13/h4-8H,9-10H2,1-3H3,(H,17,18). The van der Waals surface area contributed by atoms with Gasteiger partial charge in [0.15, 0.2) is 5.13 Å². The van der Waals surface area contributed by atoms with Gasteiger partial charge in [0.05, 0.1) is 16.1 Å². The molecule has 1 heterocycles. The molecule has 0 aliphatic rings. The lowest BCUT2D eigenvalue weighted by molar-refractivity contribution is 0.463. The lowest BCUT2D eigenvalue weighted by Crippen LogP contribution is -2.14. The summed E-state index contributed by atoms with van der Waals surface area (Å²) in [5.41, 5.74) is 2.73. The number of hydrogen-bond acceptors (Lipinski definition) is 5. The summed E-state index contributed by atoms with van der Waals surface area (Å²) in [6.07, 6.45) is 0. The molecule has 1 aromatic heterocycles. The highest BCUT2D eigenvalue weighted by Gasteiger charge is 2.13. The van der Waals surface area contributed by atoms with Crippen molar-refractivity contribution in [2.75, 3.05) is 26.0 Å². The Morgan fingerprint density at radius 1 is 1.33 bits per heavy atom. The molecule has 5 heteroatoms. The van der Waals surface area contributed by atoms with Crippen molar-refractivity contribution < 1.29 is 4.79 Å². The molecule has 0 atom stereocenters. The maximum Gasteiger partial charge on any atom is 0.183 e. The highest BCUT2D eigenvalue weighted by Crippen LogP contribution is 2.28. The minimum atomic E-state index is 0.574. The molecule has 110 valence electrons. The van der Waals surface area contributed by atoms with Crippen molar-refractivity contribution in [3.63, 3.8) is 0 Å². The van der Waals surface area contributed by atoms with E-state index in [0.717, 1.165) is 22.2 Å². The number of aromatic nitrogens is 1. The van der Waals surface area contributed by atoms with Gasteiger partial charge in [0.1, 0.15) is 5.94 Å². The van der Waals surface area contributed by atoms with Gasteiger partial charge in [-0.15, -0.1) is 0 Å². The van der Waals surface area contributed by atoms with Gasteiger partial charge < -0.3 is 10.2 Å². The van der Waals surface area contributed by atoms with E-state index >= 15 is 0 Å². The minimum Gasteiger partial charge on any atom is -0.357 e. The normalized spacial score (nSPS) is 10.5. The van der Waals surface area contributed by atoms with Crippen molar-refractivity contribution in [1.29, 1.82) is 0 Å². The zero-order chi connectivity index (χ0) is 15.2. The van der Waals surface area contributed by atoms with Crippen LogP contribution in [-0.2, 0) is 11.3 Å². The number of aryl methyl sites for hydroxylation is 1. The second-order valence-corrected chi connectivity index (χ2v) is 6.09. The highest BCUT2D eigenvalue weighted by atomic mass is 32.1. The number of likely N-dealkylation sites (N-methyl/N-ethyl adjacent to an activating group) is 1. The predicted octanol–water partition coefficient (Wildman–Crippen LogP) is 2.84. The molecule has 0 radical (unpaired) electrons. The maximum atomic E-state index is 11.2. The van der Waals surface area contributed by atoms with E-state index in [1.807, 2.05) is 50.1 Å². The predicted molar refractivity (Wildman–Crippen MR) is 88.3 cm³/mol. The van der Waals surface area contributed by atoms with Gasteiger partial charge in [0.25, 0.3) is 0 Å². The number of nitrogens with one attached hydrogen (secondary N) is 1. The van der Waals surface area contributed by atoms with E-state index < -0.39 is 0 Å². The zero-order valence-electron chi connectivity index (χ0n) is 12.5. The van der Waals surface area contributed by atoms with E-state index in [-0.39, 0.29) is 0 Å². The molecule has 0 aliphatic carbocycles. The van der Waals surface area contributed by atoms with Crippen molar-refractivity contribution in [2.45, 2.75) is 13.5 Å². The Bertz CT molecular complexity index is 643. The van der Waals surface area contributed by atoms with Gasteiger partial charge in [0, 0.05) is 13.1 Å². The molecular weight excluding hydrogens is 282 g/mol. The fraction of sp³-hybridized carbons (Fsp3) is 0.312. The number of hydrogen-bond donors (Lipinski definition) is 1. The summed E-state index contributed by atoms with van der Waals surface area (Å²) < 4.78 is 0. The Hall–Kier alpha value is -1.94. The van der Waals surface area contributed by atoms with E-state index in [9.17, 15) is 4.79 Å². The molecule has 0 aliphatic heterocycles. The first kappa shape index (κ1) is 15.4. The summed E-state index contributed by atoms with van der Waals surface area (Å²) in [7, 11) is 3.87. The summed E-state index contributed by atoms with van der Waals surface area (Å²) >= 11 is 1.50. The van der Waals surface area contributed by atoms with Crippen LogP contribution in [0.25, 0.3) is 5.57 Å². The van der Waals surface area contributed by atoms with Gasteiger partial charge in [-0.05, 0) is 26.6 Å². The van der Waals surface area contributed by atoms with Gasteiger partial charge in [-0.25, -0.2) is 9.78 Å². The topological polar surface area (TPSA) is 45.2 Å². The first-order valence-electron chi connectivity index (χ1n) is 6.74. The van der Waals surface area contributed by atoms with Crippen LogP contribution in [0.15, 0.2) is 30.3 Å². The van der Waals surface area contributed by atoms with Crippen LogP contribution in [0.4, 0.5) is 5.13 Å². The number of anilines is 1. The molecule has 0 fully saturated rings. The monoisotopic (exact) mass is 301 g/mol. The lowest BCUT2D eigenvalue weighted by atomic mass is 10.2. The van der Waals surface area contributed by atoms with Crippen LogP contribution in [0, 0.1) is 6.92 Å². The molecule has 1 aromatic carbocycles. The van der Waals surface area contributed by atoms with Crippen molar-refractivity contribution in [2.24, 2.45) is 0 Å². The van der Waals surface area contributed by atoms with Gasteiger partial charge in [-0.2, -0.15) is 0 Å². The quantitative estimate of drug-likeness (QED) is 0.833. The Morgan fingerprint density at radius 3 is 2.67 bits per heavy atom. The van der Waals surface area contributed by atoms with Gasteiger partial charge in [0.2, 0.25) is 0 Å². The Kier molecular flexibility index (Phi) is 5.28. The van der Waals surface area contributed by atoms with Crippen LogP contribution in [0.3, 0.4) is 0 Å². The van der Waals surface area contributed by atoms with Crippen LogP contribution >= 0.6 is 11.3 Å². The molecule has 0 amide bonds. The summed E-state index contributed by atoms with van der Waals surface area (Å²) in [6.45, 7) is 3.22. The molecule has 4 nitrogen and oxygen atoms in total. The van der Waals surface area contributed by atoms with Crippen LogP contribution in [0.2, 0.25) is 0 Å². The molecular formula is C16H19N3OS. The van der Waals surface area contributed by atoms with E-state index in [1.54, 1.807) is 0 Å². The minimum absolute atomic E-state index is 0.574. The van der Waals surface area contributed by atoms with Crippen LogP contribution < -0.4 is 5.32 Å². The van der Waals surface area contributed by atoms with Gasteiger partial charge in [-0.1, -0.05) is 41.7 Å². The summed E-state index contributed by atoms with van der Waals surface area (Å²) in [5, 5.41) is 4.14. The number of rotatable bonds is 6. The molecule has 1 N–H and O–H groups in total. The molecule has 0 bridgehead atoms. The maximum absolute atomic E-state index is 11.2. The average molecular weight is 301 g/mol. The third-order valence-electron chi connectivity index (χ3n) is 2.95. The Balaban J connectivity index is 2.10. The second kappa shape index (κ2) is 7.18. The molecule has 0 spiro atoms. The molecule has 21 heavy (non-hydrogen) atoms. The van der Waals surface area contributed by atoms with E-state index in [0.29, 0.717) is 12.1 Å². The Morgan fingerprint density at radius 2 is 2.05 bits per heavy atom. The SMILES string of the molecule is Cc1nc(NCc2ccccc2)sc1C(=C=O)CN(C)C. The number of carbonyl (C=O) groups excluding carboxylic acids is 1. The third kappa shape index (κ3) is 4.26. The van der Waals surface area contributed by atoms with E-state index in [2.05, 4.69) is 22.4 Å². The first-order chi connectivity index (χ1) is 10.1. The molecule has 2 rings (SSSR count). The highest BCUT2D eigenvalue weighted by molar-refractivity contribution is 7.16. The first-order valence-corrected chi connectivity index (χ1v) is 7.56. The van der Waals surface area contributed by atoms with E-state index in [1.165, 1.54) is 16.9 Å². The number of nitrogens with zero attached hydrogens (tertiary/aromatic N) is 2. The molecule has 0 unspecified atom stereocenters. The largest absolute Gasteiger partial charge is 0.357 e. The number of thiazole rings is 1. The summed E-state index contributed by atoms with van der Waals surface area (Å²) in [5.74, 6) is 2.05. The van der Waals surface area contributed by atoms with Crippen molar-refractivity contribution >= 4 is 28.0 Å². The Labute approximate surface area is 129 Å². The number of benzene rings is 1. The lowest BCUT2D eigenvalue weighted by Gasteiger charge is -2.08. The molecule has 0 saturated heterocycles.